The number of rotatable bonds is 6. The highest BCUT2D eigenvalue weighted by atomic mass is 32.2. The van der Waals surface area contributed by atoms with E-state index in [4.69, 9.17) is 0 Å². The van der Waals surface area contributed by atoms with E-state index >= 15 is 0 Å². The largest absolute Gasteiger partial charge is 0.301 e. The summed E-state index contributed by atoms with van der Waals surface area (Å²) >= 11 is 1.43. The smallest absolute Gasteiger partial charge is 0.251 e. The number of hydrogen-bond donors (Lipinski definition) is 0. The summed E-state index contributed by atoms with van der Waals surface area (Å²) in [4.78, 5) is 15.0. The molecule has 0 saturated carbocycles. The normalized spacial score (nSPS) is 15.4. The van der Waals surface area contributed by atoms with Crippen LogP contribution in [0.25, 0.3) is 6.08 Å². The second-order valence-corrected chi connectivity index (χ2v) is 10.3. The van der Waals surface area contributed by atoms with Crippen LogP contribution in [-0.4, -0.2) is 26.6 Å². The van der Waals surface area contributed by atoms with Gasteiger partial charge < -0.3 is 4.90 Å². The maximum Gasteiger partial charge on any atom is 0.251 e. The van der Waals surface area contributed by atoms with Crippen LogP contribution < -0.4 is 9.21 Å². The molecule has 32 heavy (non-hydrogen) atoms. The van der Waals surface area contributed by atoms with Crippen LogP contribution in [0.3, 0.4) is 0 Å². The van der Waals surface area contributed by atoms with Crippen LogP contribution in [0, 0.1) is 11.6 Å². The van der Waals surface area contributed by atoms with Crippen molar-refractivity contribution in [2.75, 3.05) is 21.5 Å². The summed E-state index contributed by atoms with van der Waals surface area (Å²) in [6, 6.07) is 13.6. The number of carbonyl (C=O) groups excluding carboxylic acids is 1. The maximum atomic E-state index is 14.4. The molecule has 0 aliphatic carbocycles. The van der Waals surface area contributed by atoms with Gasteiger partial charge in [-0.2, -0.15) is 0 Å². The molecule has 0 N–H and O–H groups in total. The summed E-state index contributed by atoms with van der Waals surface area (Å²) < 4.78 is 53.3. The van der Waals surface area contributed by atoms with Crippen LogP contribution in [0.2, 0.25) is 0 Å². The van der Waals surface area contributed by atoms with Gasteiger partial charge in [0.15, 0.2) is 0 Å². The third-order valence-electron chi connectivity index (χ3n) is 5.06. The summed E-state index contributed by atoms with van der Waals surface area (Å²) in [7, 11) is -3.26. The lowest BCUT2D eigenvalue weighted by Gasteiger charge is -2.21. The van der Waals surface area contributed by atoms with Gasteiger partial charge in [-0.1, -0.05) is 18.2 Å². The minimum absolute atomic E-state index is 0.0102. The zero-order valence-corrected chi connectivity index (χ0v) is 18.6. The number of halogens is 2. The second-order valence-electron chi connectivity index (χ2n) is 7.27. The molecule has 3 aromatic rings. The molecule has 0 bridgehead atoms. The Hall–Kier alpha value is -3.04. The van der Waals surface area contributed by atoms with Crippen LogP contribution in [0.15, 0.2) is 66.1 Å². The van der Waals surface area contributed by atoms with E-state index in [2.05, 4.69) is 0 Å². The van der Waals surface area contributed by atoms with Gasteiger partial charge in [0.05, 0.1) is 23.7 Å². The van der Waals surface area contributed by atoms with Gasteiger partial charge in [-0.15, -0.1) is 11.3 Å². The molecule has 0 atom stereocenters. The van der Waals surface area contributed by atoms with Crippen molar-refractivity contribution in [3.63, 3.8) is 0 Å². The average molecular weight is 475 g/mol. The third-order valence-corrected chi connectivity index (χ3v) is 7.79. The summed E-state index contributed by atoms with van der Waals surface area (Å²) in [5.41, 5.74) is 1.26. The molecule has 1 saturated heterocycles. The number of nitrogens with zero attached hydrogens (tertiary/aromatic N) is 2. The standard InChI is InChI=1S/C23H20F2N2O3S2/c24-18-7-10-22(21(25)15-18)26(16-20-3-1-13-31-20)23(28)11-6-17-4-8-19(9-5-17)27-12-2-14-32(27,29)30/h1,3-11,13,15H,2,12,14,16H2/b11-6+. The van der Waals surface area contributed by atoms with Crippen molar-refractivity contribution in [3.8, 4) is 0 Å². The summed E-state index contributed by atoms with van der Waals surface area (Å²) in [6.07, 6.45) is 3.49. The van der Waals surface area contributed by atoms with Gasteiger partial charge in [-0.3, -0.25) is 9.10 Å². The zero-order chi connectivity index (χ0) is 22.7. The van der Waals surface area contributed by atoms with Gasteiger partial charge in [-0.25, -0.2) is 17.2 Å². The molecule has 4 rings (SSSR count). The van der Waals surface area contributed by atoms with Crippen molar-refractivity contribution in [3.05, 3.63) is 88.1 Å². The Morgan fingerprint density at radius 1 is 1.12 bits per heavy atom. The van der Waals surface area contributed by atoms with Gasteiger partial charge in [0, 0.05) is 23.6 Å². The van der Waals surface area contributed by atoms with Gasteiger partial charge in [0.1, 0.15) is 11.6 Å². The van der Waals surface area contributed by atoms with Crippen LogP contribution in [0.4, 0.5) is 20.2 Å². The van der Waals surface area contributed by atoms with E-state index in [1.807, 2.05) is 17.5 Å². The quantitative estimate of drug-likeness (QED) is 0.482. The number of benzene rings is 2. The number of amides is 1. The van der Waals surface area contributed by atoms with Crippen molar-refractivity contribution in [2.24, 2.45) is 0 Å². The SMILES string of the molecule is O=C(/C=C/c1ccc(N2CCCS2(=O)=O)cc1)N(Cc1cccs1)c1ccc(F)cc1F. The molecule has 9 heteroatoms. The molecule has 1 amide bonds. The van der Waals surface area contributed by atoms with E-state index in [1.54, 1.807) is 30.3 Å². The molecule has 1 fully saturated rings. The van der Waals surface area contributed by atoms with E-state index in [0.717, 1.165) is 17.0 Å². The molecule has 166 valence electrons. The molecule has 1 aliphatic rings. The summed E-state index contributed by atoms with van der Waals surface area (Å²) in [5.74, 6) is -1.86. The highest BCUT2D eigenvalue weighted by Crippen LogP contribution is 2.26. The Bertz CT molecular complexity index is 1240. The summed E-state index contributed by atoms with van der Waals surface area (Å²) in [5, 5.41) is 1.86. The molecule has 0 radical (unpaired) electrons. The van der Waals surface area contributed by atoms with Gasteiger partial charge >= 0.3 is 0 Å². The molecule has 0 unspecified atom stereocenters. The Morgan fingerprint density at radius 2 is 1.91 bits per heavy atom. The van der Waals surface area contributed by atoms with Gasteiger partial charge in [0.25, 0.3) is 5.91 Å². The fourth-order valence-electron chi connectivity index (χ4n) is 3.48. The van der Waals surface area contributed by atoms with Crippen molar-refractivity contribution >= 4 is 44.7 Å². The fraction of sp³-hybridized carbons (Fsp3) is 0.174. The molecule has 1 aromatic heterocycles. The van der Waals surface area contributed by atoms with E-state index in [-0.39, 0.29) is 18.0 Å². The predicted octanol–water partition coefficient (Wildman–Crippen LogP) is 4.81. The fourth-order valence-corrected chi connectivity index (χ4v) is 5.74. The van der Waals surface area contributed by atoms with Crippen LogP contribution >= 0.6 is 11.3 Å². The molecule has 2 aromatic carbocycles. The summed E-state index contributed by atoms with van der Waals surface area (Å²) in [6.45, 7) is 0.603. The van der Waals surface area contributed by atoms with Gasteiger partial charge in [0.2, 0.25) is 10.0 Å². The number of carbonyl (C=O) groups is 1. The first kappa shape index (κ1) is 22.2. The lowest BCUT2D eigenvalue weighted by Crippen LogP contribution is -2.29. The Kier molecular flexibility index (Phi) is 6.38. The average Bonchev–Trinajstić information content (AvgIpc) is 3.40. The first-order valence-corrected chi connectivity index (χ1v) is 12.4. The number of thiophene rings is 1. The number of hydrogen-bond acceptors (Lipinski definition) is 4. The number of sulfonamides is 1. The van der Waals surface area contributed by atoms with E-state index in [1.165, 1.54) is 32.7 Å². The minimum atomic E-state index is -3.26. The minimum Gasteiger partial charge on any atom is -0.301 e. The van der Waals surface area contributed by atoms with Crippen LogP contribution in [0.1, 0.15) is 16.9 Å². The zero-order valence-electron chi connectivity index (χ0n) is 16.9. The van der Waals surface area contributed by atoms with Crippen molar-refractivity contribution in [2.45, 2.75) is 13.0 Å². The lowest BCUT2D eigenvalue weighted by atomic mass is 10.2. The molecule has 5 nitrogen and oxygen atoms in total. The topological polar surface area (TPSA) is 57.7 Å². The van der Waals surface area contributed by atoms with Crippen molar-refractivity contribution in [1.29, 1.82) is 0 Å². The molecule has 2 heterocycles. The van der Waals surface area contributed by atoms with Crippen LogP contribution in [-0.2, 0) is 21.4 Å². The maximum absolute atomic E-state index is 14.4. The third kappa shape index (κ3) is 4.89. The lowest BCUT2D eigenvalue weighted by molar-refractivity contribution is -0.114. The Balaban J connectivity index is 1.55. The first-order valence-electron chi connectivity index (χ1n) is 9.91. The number of anilines is 2. The molecular weight excluding hydrogens is 454 g/mol. The van der Waals surface area contributed by atoms with Crippen molar-refractivity contribution in [1.82, 2.24) is 0 Å². The Morgan fingerprint density at radius 3 is 2.53 bits per heavy atom. The molecule has 0 spiro atoms. The predicted molar refractivity (Wildman–Crippen MR) is 123 cm³/mol. The highest BCUT2D eigenvalue weighted by Gasteiger charge is 2.28. The van der Waals surface area contributed by atoms with E-state index in [0.29, 0.717) is 24.2 Å². The monoisotopic (exact) mass is 474 g/mol. The molecular formula is C23H20F2N2O3S2. The highest BCUT2D eigenvalue weighted by molar-refractivity contribution is 7.93. The van der Waals surface area contributed by atoms with E-state index < -0.39 is 27.6 Å². The van der Waals surface area contributed by atoms with Crippen LogP contribution in [0.5, 0.6) is 0 Å². The van der Waals surface area contributed by atoms with E-state index in [9.17, 15) is 22.0 Å². The second kappa shape index (κ2) is 9.22. The first-order chi connectivity index (χ1) is 15.3. The van der Waals surface area contributed by atoms with Crippen molar-refractivity contribution < 1.29 is 22.0 Å². The Labute approximate surface area is 189 Å². The van der Waals surface area contributed by atoms with Gasteiger partial charge in [-0.05, 0) is 53.8 Å². The molecule has 1 aliphatic heterocycles.